The van der Waals surface area contributed by atoms with Crippen LogP contribution in [0.25, 0.3) is 0 Å². The van der Waals surface area contributed by atoms with Crippen molar-refractivity contribution < 1.29 is 19.8 Å². The van der Waals surface area contributed by atoms with Gasteiger partial charge in [-0.05, 0) is 69.3 Å². The van der Waals surface area contributed by atoms with Crippen molar-refractivity contribution in [3.8, 4) is 0 Å². The van der Waals surface area contributed by atoms with E-state index in [9.17, 15) is 19.8 Å². The summed E-state index contributed by atoms with van der Waals surface area (Å²) in [6, 6.07) is 8.87. The van der Waals surface area contributed by atoms with Crippen LogP contribution >= 0.6 is 63.7 Å². The van der Waals surface area contributed by atoms with E-state index in [0.717, 1.165) is 5.56 Å². The highest BCUT2D eigenvalue weighted by Gasteiger charge is 2.30. The first-order valence-corrected chi connectivity index (χ1v) is 10.9. The standard InChI is InChI=1S/C18H15Br4NO4/c1-8(9-5-3-2-4-6-9)10(7-24)23-17(25)11-12(18(26)27)14(20)16(22)15(21)13(11)19/h2-6,8,10,24H,7H2,1H3,(H,23,25)(H,26,27)/t8-,10-/m0/s1. The average Bonchev–Trinajstić information content (AvgIpc) is 2.66. The summed E-state index contributed by atoms with van der Waals surface area (Å²) in [5, 5.41) is 22.1. The zero-order valence-corrected chi connectivity index (χ0v) is 20.3. The highest BCUT2D eigenvalue weighted by molar-refractivity contribution is 9.15. The fourth-order valence-corrected chi connectivity index (χ4v) is 5.07. The topological polar surface area (TPSA) is 86.6 Å². The van der Waals surface area contributed by atoms with Crippen LogP contribution in [0.5, 0.6) is 0 Å². The van der Waals surface area contributed by atoms with Crippen molar-refractivity contribution in [1.82, 2.24) is 5.32 Å². The molecule has 0 aromatic heterocycles. The zero-order valence-electron chi connectivity index (χ0n) is 14.0. The SMILES string of the molecule is C[C@@H](c1ccccc1)[C@H](CO)NC(=O)c1c(Br)c(Br)c(Br)c(Br)c1C(=O)O. The molecule has 0 spiro atoms. The van der Waals surface area contributed by atoms with E-state index >= 15 is 0 Å². The Kier molecular flexibility index (Phi) is 8.05. The van der Waals surface area contributed by atoms with Crippen LogP contribution in [-0.2, 0) is 0 Å². The van der Waals surface area contributed by atoms with Crippen molar-refractivity contribution in [2.24, 2.45) is 0 Å². The van der Waals surface area contributed by atoms with Gasteiger partial charge in [0.05, 0.1) is 23.8 Å². The van der Waals surface area contributed by atoms with Crippen LogP contribution in [0.1, 0.15) is 39.1 Å². The third kappa shape index (κ3) is 4.82. The molecule has 0 aliphatic heterocycles. The minimum Gasteiger partial charge on any atom is -0.478 e. The molecule has 9 heteroatoms. The van der Waals surface area contributed by atoms with E-state index in [0.29, 0.717) is 13.4 Å². The minimum atomic E-state index is -1.25. The Morgan fingerprint density at radius 2 is 1.48 bits per heavy atom. The molecule has 2 aromatic carbocycles. The van der Waals surface area contributed by atoms with Crippen LogP contribution in [0, 0.1) is 0 Å². The van der Waals surface area contributed by atoms with E-state index in [4.69, 9.17) is 0 Å². The maximum Gasteiger partial charge on any atom is 0.337 e. The second-order valence-corrected chi connectivity index (χ2v) is 8.94. The first-order chi connectivity index (χ1) is 12.7. The summed E-state index contributed by atoms with van der Waals surface area (Å²) in [6.45, 7) is 1.59. The normalized spacial score (nSPS) is 13.1. The van der Waals surface area contributed by atoms with Crippen molar-refractivity contribution in [3.63, 3.8) is 0 Å². The maximum absolute atomic E-state index is 12.9. The van der Waals surface area contributed by atoms with Gasteiger partial charge in [0.1, 0.15) is 0 Å². The Bertz CT molecular complexity index is 874. The summed E-state index contributed by atoms with van der Waals surface area (Å²) in [4.78, 5) is 24.7. The van der Waals surface area contributed by atoms with Crippen molar-refractivity contribution >= 4 is 75.6 Å². The second kappa shape index (κ2) is 9.65. The van der Waals surface area contributed by atoms with Gasteiger partial charge in [0.15, 0.2) is 0 Å². The van der Waals surface area contributed by atoms with Gasteiger partial charge in [-0.3, -0.25) is 4.79 Å². The number of benzene rings is 2. The lowest BCUT2D eigenvalue weighted by atomic mass is 9.93. The Labute approximate surface area is 190 Å². The Balaban J connectivity index is 2.44. The maximum atomic E-state index is 12.9. The number of hydrogen-bond donors (Lipinski definition) is 3. The number of aromatic carboxylic acids is 1. The van der Waals surface area contributed by atoms with Crippen LogP contribution in [0.15, 0.2) is 48.2 Å². The van der Waals surface area contributed by atoms with Gasteiger partial charge in [0, 0.05) is 23.8 Å². The third-order valence-electron chi connectivity index (χ3n) is 4.15. The molecule has 0 aliphatic rings. The largest absolute Gasteiger partial charge is 0.478 e. The first-order valence-electron chi connectivity index (χ1n) is 7.76. The Morgan fingerprint density at radius 3 is 1.96 bits per heavy atom. The van der Waals surface area contributed by atoms with Crippen molar-refractivity contribution in [2.75, 3.05) is 6.61 Å². The monoisotopic (exact) mass is 625 g/mol. The Hall–Kier alpha value is -0.740. The lowest BCUT2D eigenvalue weighted by molar-refractivity contribution is 0.0688. The molecule has 0 saturated heterocycles. The summed E-state index contributed by atoms with van der Waals surface area (Å²) in [6.07, 6.45) is 0. The molecule has 144 valence electrons. The number of rotatable bonds is 6. The Morgan fingerprint density at radius 1 is 0.963 bits per heavy atom. The molecule has 0 fully saturated rings. The van der Waals surface area contributed by atoms with E-state index in [1.807, 2.05) is 37.3 Å². The number of aliphatic hydroxyl groups is 1. The molecule has 1 amide bonds. The molecule has 0 radical (unpaired) electrons. The fraction of sp³-hybridized carbons (Fsp3) is 0.222. The number of halogens is 4. The number of carbonyl (C=O) groups excluding carboxylic acids is 1. The molecule has 2 atom stereocenters. The van der Waals surface area contributed by atoms with Gasteiger partial charge in [-0.1, -0.05) is 37.3 Å². The first kappa shape index (κ1) is 22.5. The van der Waals surface area contributed by atoms with E-state index in [2.05, 4.69) is 69.0 Å². The van der Waals surface area contributed by atoms with Crippen molar-refractivity contribution in [1.29, 1.82) is 0 Å². The van der Waals surface area contributed by atoms with E-state index in [-0.39, 0.29) is 28.1 Å². The summed E-state index contributed by atoms with van der Waals surface area (Å²) in [7, 11) is 0. The smallest absolute Gasteiger partial charge is 0.337 e. The highest BCUT2D eigenvalue weighted by Crippen LogP contribution is 2.42. The quantitative estimate of drug-likeness (QED) is 0.298. The van der Waals surface area contributed by atoms with Gasteiger partial charge in [-0.15, -0.1) is 0 Å². The van der Waals surface area contributed by atoms with Gasteiger partial charge in [0.25, 0.3) is 5.91 Å². The van der Waals surface area contributed by atoms with Crippen molar-refractivity contribution in [2.45, 2.75) is 18.9 Å². The number of hydrogen-bond acceptors (Lipinski definition) is 3. The molecule has 5 nitrogen and oxygen atoms in total. The molecular formula is C18H15Br4NO4. The number of aliphatic hydroxyl groups excluding tert-OH is 1. The van der Waals surface area contributed by atoms with Crippen LogP contribution in [0.3, 0.4) is 0 Å². The van der Waals surface area contributed by atoms with Crippen LogP contribution in [0.2, 0.25) is 0 Å². The average molecular weight is 629 g/mol. The number of amides is 1. The van der Waals surface area contributed by atoms with E-state index in [1.54, 1.807) is 0 Å². The predicted molar refractivity (Wildman–Crippen MR) is 117 cm³/mol. The zero-order chi connectivity index (χ0) is 20.3. The van der Waals surface area contributed by atoms with Gasteiger partial charge >= 0.3 is 5.97 Å². The molecule has 3 N–H and O–H groups in total. The molecule has 27 heavy (non-hydrogen) atoms. The number of carbonyl (C=O) groups is 2. The number of carboxylic acid groups (broad SMARTS) is 1. The van der Waals surface area contributed by atoms with Crippen LogP contribution in [0.4, 0.5) is 0 Å². The third-order valence-corrected chi connectivity index (χ3v) is 8.92. The highest BCUT2D eigenvalue weighted by atomic mass is 79.9. The molecule has 0 saturated carbocycles. The number of carboxylic acids is 1. The lowest BCUT2D eigenvalue weighted by Crippen LogP contribution is -2.41. The van der Waals surface area contributed by atoms with Crippen LogP contribution in [-0.4, -0.2) is 34.7 Å². The summed E-state index contributed by atoms with van der Waals surface area (Å²) in [5.41, 5.74) is 0.731. The van der Waals surface area contributed by atoms with Crippen molar-refractivity contribution in [3.05, 3.63) is 64.9 Å². The molecule has 2 rings (SSSR count). The van der Waals surface area contributed by atoms with Gasteiger partial charge in [-0.25, -0.2) is 4.79 Å². The predicted octanol–water partition coefficient (Wildman–Crippen LogP) is 5.33. The van der Waals surface area contributed by atoms with E-state index < -0.39 is 17.9 Å². The fourth-order valence-electron chi connectivity index (χ4n) is 2.60. The summed E-state index contributed by atoms with van der Waals surface area (Å²) < 4.78 is 1.52. The van der Waals surface area contributed by atoms with Gasteiger partial charge in [-0.2, -0.15) is 0 Å². The molecular weight excluding hydrogens is 614 g/mol. The molecule has 0 bridgehead atoms. The lowest BCUT2D eigenvalue weighted by Gasteiger charge is -2.25. The van der Waals surface area contributed by atoms with Gasteiger partial charge in [0.2, 0.25) is 0 Å². The molecule has 0 aliphatic carbocycles. The van der Waals surface area contributed by atoms with Crippen LogP contribution < -0.4 is 5.32 Å². The molecule has 2 aromatic rings. The van der Waals surface area contributed by atoms with Gasteiger partial charge < -0.3 is 15.5 Å². The molecule has 0 heterocycles. The molecule has 0 unspecified atom stereocenters. The summed E-state index contributed by atoms with van der Waals surface area (Å²) >= 11 is 13.1. The second-order valence-electron chi connectivity index (χ2n) is 5.77. The van der Waals surface area contributed by atoms with E-state index in [1.165, 1.54) is 0 Å². The summed E-state index contributed by atoms with van der Waals surface area (Å²) in [5.74, 6) is -2.03. The number of nitrogens with one attached hydrogen (secondary N) is 1. The minimum absolute atomic E-state index is 0.0387.